The molecule has 0 saturated heterocycles. The van der Waals surface area contributed by atoms with E-state index in [4.69, 9.17) is 0 Å². The molecule has 92 valence electrons. The van der Waals surface area contributed by atoms with Gasteiger partial charge in [-0.15, -0.1) is 0 Å². The average molecular weight is 237 g/mol. The Balaban J connectivity index is 2.56. The summed E-state index contributed by atoms with van der Waals surface area (Å²) >= 11 is 0. The Morgan fingerprint density at radius 3 is 2.61 bits per heavy atom. The third kappa shape index (κ3) is 2.30. The van der Waals surface area contributed by atoms with Crippen LogP contribution in [-0.4, -0.2) is 11.4 Å². The molecule has 1 nitrogen and oxygen atoms in total. The van der Waals surface area contributed by atoms with E-state index in [1.807, 2.05) is 12.2 Å². The molecule has 1 aromatic carbocycles. The van der Waals surface area contributed by atoms with Crippen LogP contribution in [0.25, 0.3) is 6.08 Å². The highest BCUT2D eigenvalue weighted by Gasteiger charge is 2.12. The summed E-state index contributed by atoms with van der Waals surface area (Å²) < 4.78 is 0. The van der Waals surface area contributed by atoms with Crippen molar-refractivity contribution in [3.05, 3.63) is 78.0 Å². The van der Waals surface area contributed by atoms with Gasteiger partial charge in [-0.05, 0) is 29.7 Å². The van der Waals surface area contributed by atoms with Crippen molar-refractivity contribution in [3.8, 4) is 0 Å². The minimum Gasteiger partial charge on any atom is -0.367 e. The topological polar surface area (TPSA) is 3.24 Å². The lowest BCUT2D eigenvalue weighted by Crippen LogP contribution is -2.23. The number of nitrogens with zero attached hydrogens (tertiary/aromatic N) is 1. The molecule has 0 N–H and O–H groups in total. The largest absolute Gasteiger partial charge is 0.367 e. The molecule has 1 heteroatoms. The molecule has 1 aromatic rings. The predicted molar refractivity (Wildman–Crippen MR) is 79.0 cm³/mol. The Bertz CT molecular complexity index is 520. The second-order valence-electron chi connectivity index (χ2n) is 4.30. The fourth-order valence-corrected chi connectivity index (χ4v) is 2.28. The third-order valence-electron chi connectivity index (χ3n) is 3.29. The first-order valence-electron chi connectivity index (χ1n) is 6.30. The van der Waals surface area contributed by atoms with Crippen LogP contribution in [0.15, 0.2) is 66.9 Å². The van der Waals surface area contributed by atoms with Crippen LogP contribution in [-0.2, 0) is 6.54 Å². The van der Waals surface area contributed by atoms with Crippen molar-refractivity contribution in [3.63, 3.8) is 0 Å². The van der Waals surface area contributed by atoms with Crippen LogP contribution in [0, 0.1) is 0 Å². The van der Waals surface area contributed by atoms with E-state index in [0.717, 1.165) is 24.4 Å². The van der Waals surface area contributed by atoms with Crippen molar-refractivity contribution >= 4 is 6.08 Å². The van der Waals surface area contributed by atoms with Gasteiger partial charge in [-0.3, -0.25) is 0 Å². The summed E-state index contributed by atoms with van der Waals surface area (Å²) in [5.41, 5.74) is 4.90. The highest BCUT2D eigenvalue weighted by Crippen LogP contribution is 2.23. The van der Waals surface area contributed by atoms with E-state index in [1.54, 1.807) is 0 Å². The van der Waals surface area contributed by atoms with Crippen LogP contribution in [0.1, 0.15) is 18.1 Å². The summed E-state index contributed by atoms with van der Waals surface area (Å²) in [4.78, 5) is 2.33. The van der Waals surface area contributed by atoms with Gasteiger partial charge in [0.25, 0.3) is 0 Å². The summed E-state index contributed by atoms with van der Waals surface area (Å²) in [6.45, 7) is 11.9. The first-order valence-corrected chi connectivity index (χ1v) is 6.30. The molecule has 0 amide bonds. The minimum atomic E-state index is 0.912. The van der Waals surface area contributed by atoms with E-state index in [-0.39, 0.29) is 0 Å². The third-order valence-corrected chi connectivity index (χ3v) is 3.29. The first kappa shape index (κ1) is 12.4. The molecular weight excluding hydrogens is 218 g/mol. The quantitative estimate of drug-likeness (QED) is 0.763. The summed E-state index contributed by atoms with van der Waals surface area (Å²) in [5.74, 6) is 0. The van der Waals surface area contributed by atoms with Crippen molar-refractivity contribution in [2.24, 2.45) is 0 Å². The number of fused-ring (bicyclic) bond motifs is 1. The molecule has 1 aliphatic rings. The monoisotopic (exact) mass is 237 g/mol. The van der Waals surface area contributed by atoms with E-state index in [9.17, 15) is 0 Å². The molecule has 2 rings (SSSR count). The van der Waals surface area contributed by atoms with E-state index in [2.05, 4.69) is 61.4 Å². The SMILES string of the molecule is C=CC1=C(\C=C)N(CC)Cc2ccccc2/C=C\1. The molecule has 0 aliphatic carbocycles. The van der Waals surface area contributed by atoms with Crippen molar-refractivity contribution in [1.82, 2.24) is 4.90 Å². The molecule has 18 heavy (non-hydrogen) atoms. The minimum absolute atomic E-state index is 0.912. The van der Waals surface area contributed by atoms with Gasteiger partial charge in [0.05, 0.1) is 0 Å². The van der Waals surface area contributed by atoms with Crippen molar-refractivity contribution in [1.29, 1.82) is 0 Å². The van der Waals surface area contributed by atoms with Gasteiger partial charge in [0.15, 0.2) is 0 Å². The standard InChI is InChI=1S/C17H19N/c1-4-14-11-12-15-9-7-8-10-16(15)13-18(6-3)17(14)5-2/h4-5,7-12H,1-2,6,13H2,3H3/b12-11-,17-14-. The molecule has 0 aromatic heterocycles. The summed E-state index contributed by atoms with van der Waals surface area (Å²) in [7, 11) is 0. The number of likely N-dealkylation sites (N-methyl/N-ethyl adjacent to an activating group) is 1. The van der Waals surface area contributed by atoms with Crippen LogP contribution < -0.4 is 0 Å². The number of hydrogen-bond donors (Lipinski definition) is 0. The number of benzene rings is 1. The zero-order chi connectivity index (χ0) is 13.0. The smallest absolute Gasteiger partial charge is 0.0436 e. The van der Waals surface area contributed by atoms with Gasteiger partial charge in [-0.2, -0.15) is 0 Å². The lowest BCUT2D eigenvalue weighted by atomic mass is 10.0. The lowest BCUT2D eigenvalue weighted by Gasteiger charge is -2.27. The fraction of sp³-hybridized carbons (Fsp3) is 0.176. The van der Waals surface area contributed by atoms with Gasteiger partial charge in [-0.25, -0.2) is 0 Å². The number of hydrogen-bond acceptors (Lipinski definition) is 1. The summed E-state index contributed by atoms with van der Waals surface area (Å²) in [6, 6.07) is 8.50. The Morgan fingerprint density at radius 2 is 1.94 bits per heavy atom. The van der Waals surface area contributed by atoms with E-state index < -0.39 is 0 Å². The lowest BCUT2D eigenvalue weighted by molar-refractivity contribution is 0.364. The molecule has 1 aliphatic heterocycles. The Hall–Kier alpha value is -2.02. The predicted octanol–water partition coefficient (Wildman–Crippen LogP) is 4.16. The molecule has 0 radical (unpaired) electrons. The normalized spacial score (nSPS) is 20.6. The number of rotatable bonds is 3. The Morgan fingerprint density at radius 1 is 1.17 bits per heavy atom. The van der Waals surface area contributed by atoms with Gasteiger partial charge in [0.1, 0.15) is 0 Å². The van der Waals surface area contributed by atoms with Crippen LogP contribution in [0.2, 0.25) is 0 Å². The van der Waals surface area contributed by atoms with Crippen molar-refractivity contribution < 1.29 is 0 Å². The van der Waals surface area contributed by atoms with E-state index in [0.29, 0.717) is 0 Å². The molecule has 0 spiro atoms. The van der Waals surface area contributed by atoms with Gasteiger partial charge in [-0.1, -0.05) is 55.7 Å². The molecular formula is C17H19N. The molecule has 0 saturated carbocycles. The van der Waals surface area contributed by atoms with E-state index >= 15 is 0 Å². The molecule has 0 unspecified atom stereocenters. The van der Waals surface area contributed by atoms with Crippen molar-refractivity contribution in [2.45, 2.75) is 13.5 Å². The van der Waals surface area contributed by atoms with Crippen LogP contribution in [0.4, 0.5) is 0 Å². The van der Waals surface area contributed by atoms with Gasteiger partial charge >= 0.3 is 0 Å². The highest BCUT2D eigenvalue weighted by molar-refractivity contribution is 5.60. The summed E-state index contributed by atoms with van der Waals surface area (Å²) in [5, 5.41) is 0. The second-order valence-corrected chi connectivity index (χ2v) is 4.30. The molecule has 0 fully saturated rings. The first-order chi connectivity index (χ1) is 8.80. The Kier molecular flexibility index (Phi) is 3.83. The van der Waals surface area contributed by atoms with E-state index in [1.165, 1.54) is 11.1 Å². The maximum atomic E-state index is 3.93. The van der Waals surface area contributed by atoms with Gasteiger partial charge in [0.2, 0.25) is 0 Å². The molecule has 0 bridgehead atoms. The van der Waals surface area contributed by atoms with Crippen LogP contribution >= 0.6 is 0 Å². The molecule has 0 atom stereocenters. The Labute approximate surface area is 109 Å². The van der Waals surface area contributed by atoms with Crippen LogP contribution in [0.5, 0.6) is 0 Å². The summed E-state index contributed by atoms with van der Waals surface area (Å²) in [6.07, 6.45) is 8.08. The van der Waals surface area contributed by atoms with Gasteiger partial charge in [0, 0.05) is 18.8 Å². The maximum Gasteiger partial charge on any atom is 0.0436 e. The fourth-order valence-electron chi connectivity index (χ4n) is 2.28. The molecule has 1 heterocycles. The van der Waals surface area contributed by atoms with Gasteiger partial charge < -0.3 is 4.90 Å². The van der Waals surface area contributed by atoms with Crippen LogP contribution in [0.3, 0.4) is 0 Å². The maximum absolute atomic E-state index is 3.93. The van der Waals surface area contributed by atoms with Crippen molar-refractivity contribution in [2.75, 3.05) is 6.54 Å². The zero-order valence-corrected chi connectivity index (χ0v) is 10.9. The highest BCUT2D eigenvalue weighted by atomic mass is 15.1. The number of allylic oxidation sites excluding steroid dienone is 4. The zero-order valence-electron chi connectivity index (χ0n) is 10.9. The second kappa shape index (κ2) is 5.54. The average Bonchev–Trinajstić information content (AvgIpc) is 2.40.